The molecule has 2 aromatic rings. The Morgan fingerprint density at radius 3 is 2.76 bits per heavy atom. The summed E-state index contributed by atoms with van der Waals surface area (Å²) < 4.78 is 0. The summed E-state index contributed by atoms with van der Waals surface area (Å²) >= 11 is 1.91. The number of amides is 1. The Morgan fingerprint density at radius 2 is 1.96 bits per heavy atom. The number of benzene rings is 1. The molecule has 3 heterocycles. The second-order valence-corrected chi connectivity index (χ2v) is 8.70. The summed E-state index contributed by atoms with van der Waals surface area (Å²) in [5.74, 6) is 0.244. The van der Waals surface area contributed by atoms with Gasteiger partial charge >= 0.3 is 0 Å². The minimum atomic E-state index is -0.268. The summed E-state index contributed by atoms with van der Waals surface area (Å²) in [7, 11) is 0. The number of nitrogens with one attached hydrogen (secondary N) is 1. The van der Waals surface area contributed by atoms with Gasteiger partial charge in [-0.1, -0.05) is 31.2 Å². The quantitative estimate of drug-likeness (QED) is 0.910. The van der Waals surface area contributed by atoms with Crippen LogP contribution in [0.3, 0.4) is 0 Å². The van der Waals surface area contributed by atoms with Gasteiger partial charge in [-0.15, -0.1) is 11.3 Å². The first kappa shape index (κ1) is 16.8. The summed E-state index contributed by atoms with van der Waals surface area (Å²) in [5, 5.41) is 3.20. The molecule has 1 spiro atoms. The molecule has 0 radical (unpaired) electrons. The minimum absolute atomic E-state index is 0.244. The van der Waals surface area contributed by atoms with E-state index in [4.69, 9.17) is 0 Å². The zero-order valence-corrected chi connectivity index (χ0v) is 15.7. The molecule has 4 rings (SSSR count). The van der Waals surface area contributed by atoms with Crippen LogP contribution < -0.4 is 5.32 Å². The van der Waals surface area contributed by atoms with Gasteiger partial charge in [-0.05, 0) is 55.5 Å². The maximum absolute atomic E-state index is 13.0. The van der Waals surface area contributed by atoms with E-state index in [0.29, 0.717) is 6.54 Å². The van der Waals surface area contributed by atoms with Gasteiger partial charge in [-0.3, -0.25) is 9.69 Å². The second-order valence-electron chi connectivity index (χ2n) is 7.44. The number of carbonyl (C=O) groups excluding carboxylic acids is 1. The van der Waals surface area contributed by atoms with Crippen LogP contribution in [0, 0.1) is 5.41 Å². The Kier molecular flexibility index (Phi) is 4.65. The molecule has 1 atom stereocenters. The molecule has 132 valence electrons. The lowest BCUT2D eigenvalue weighted by atomic mass is 9.74. The van der Waals surface area contributed by atoms with Crippen LogP contribution in [0.4, 0.5) is 0 Å². The van der Waals surface area contributed by atoms with Gasteiger partial charge in [-0.25, -0.2) is 0 Å². The number of aryl methyl sites for hydroxylation is 1. The standard InChI is InChI=1S/C21H26N2OS/c1-2-18-8-9-19(25-18)14-23-11-5-10-21(15-23)12-16-6-3-4-7-17(16)13-22-20(21)24/h3-4,6-9H,2,5,10-15H2,1H3,(H,22,24). The molecule has 1 fully saturated rings. The summed E-state index contributed by atoms with van der Waals surface area (Å²) in [6, 6.07) is 13.0. The van der Waals surface area contributed by atoms with E-state index in [-0.39, 0.29) is 11.3 Å². The highest BCUT2D eigenvalue weighted by Gasteiger charge is 2.43. The van der Waals surface area contributed by atoms with Gasteiger partial charge in [0.2, 0.25) is 5.91 Å². The van der Waals surface area contributed by atoms with Crippen molar-refractivity contribution in [3.05, 3.63) is 57.3 Å². The van der Waals surface area contributed by atoms with Crippen LogP contribution in [0.15, 0.2) is 36.4 Å². The highest BCUT2D eigenvalue weighted by Crippen LogP contribution is 2.37. The van der Waals surface area contributed by atoms with E-state index in [1.807, 2.05) is 11.3 Å². The maximum Gasteiger partial charge on any atom is 0.228 e. The Labute approximate surface area is 154 Å². The zero-order valence-electron chi connectivity index (χ0n) is 14.9. The SMILES string of the molecule is CCc1ccc(CN2CCCC3(Cc4ccccc4CNC3=O)C2)s1. The van der Waals surface area contributed by atoms with Crippen molar-refractivity contribution in [3.8, 4) is 0 Å². The summed E-state index contributed by atoms with van der Waals surface area (Å²) in [6.45, 7) is 5.81. The number of hydrogen-bond donors (Lipinski definition) is 1. The van der Waals surface area contributed by atoms with Crippen molar-refractivity contribution < 1.29 is 4.79 Å². The first-order valence-corrected chi connectivity index (χ1v) is 10.2. The molecule has 1 saturated heterocycles. The third kappa shape index (κ3) is 3.38. The molecule has 1 N–H and O–H groups in total. The number of carbonyl (C=O) groups is 1. The zero-order chi connectivity index (χ0) is 17.3. The normalized spacial score (nSPS) is 24.0. The minimum Gasteiger partial charge on any atom is -0.351 e. The van der Waals surface area contributed by atoms with Crippen molar-refractivity contribution in [3.63, 3.8) is 0 Å². The number of nitrogens with zero attached hydrogens (tertiary/aromatic N) is 1. The second kappa shape index (κ2) is 6.93. The average Bonchev–Trinajstić information content (AvgIpc) is 3.03. The molecule has 25 heavy (non-hydrogen) atoms. The molecule has 4 heteroatoms. The van der Waals surface area contributed by atoms with Gasteiger partial charge in [0.1, 0.15) is 0 Å². The van der Waals surface area contributed by atoms with Gasteiger partial charge < -0.3 is 5.32 Å². The van der Waals surface area contributed by atoms with Crippen molar-refractivity contribution in [1.29, 1.82) is 0 Å². The lowest BCUT2D eigenvalue weighted by Crippen LogP contribution is -2.51. The average molecular weight is 355 g/mol. The molecule has 0 saturated carbocycles. The number of likely N-dealkylation sites (tertiary alicyclic amines) is 1. The fourth-order valence-corrected chi connectivity index (χ4v) is 5.32. The molecule has 1 aromatic heterocycles. The lowest BCUT2D eigenvalue weighted by molar-refractivity contribution is -0.134. The van der Waals surface area contributed by atoms with E-state index in [1.54, 1.807) is 0 Å². The van der Waals surface area contributed by atoms with Gasteiger partial charge in [-0.2, -0.15) is 0 Å². The highest BCUT2D eigenvalue weighted by atomic mass is 32.1. The van der Waals surface area contributed by atoms with Crippen LogP contribution in [0.2, 0.25) is 0 Å². The van der Waals surface area contributed by atoms with Gasteiger partial charge in [0.05, 0.1) is 5.41 Å². The van der Waals surface area contributed by atoms with Crippen LogP contribution in [-0.4, -0.2) is 23.9 Å². The molecule has 0 bridgehead atoms. The van der Waals surface area contributed by atoms with Crippen LogP contribution in [0.1, 0.15) is 40.6 Å². The number of fused-ring (bicyclic) bond motifs is 1. The van der Waals surface area contributed by atoms with Crippen molar-refractivity contribution in [2.45, 2.75) is 45.7 Å². The van der Waals surface area contributed by atoms with E-state index >= 15 is 0 Å². The lowest BCUT2D eigenvalue weighted by Gasteiger charge is -2.41. The van der Waals surface area contributed by atoms with Crippen molar-refractivity contribution in [1.82, 2.24) is 10.2 Å². The largest absolute Gasteiger partial charge is 0.351 e. The Hall–Kier alpha value is -1.65. The van der Waals surface area contributed by atoms with E-state index < -0.39 is 0 Å². The third-order valence-corrected chi connectivity index (χ3v) is 6.88. The van der Waals surface area contributed by atoms with Crippen LogP contribution in [0.25, 0.3) is 0 Å². The molecule has 2 aliphatic rings. The van der Waals surface area contributed by atoms with Gasteiger partial charge in [0.25, 0.3) is 0 Å². The first-order valence-electron chi connectivity index (χ1n) is 9.33. The molecule has 1 aromatic carbocycles. The molecule has 3 nitrogen and oxygen atoms in total. The highest BCUT2D eigenvalue weighted by molar-refractivity contribution is 7.11. The van der Waals surface area contributed by atoms with E-state index in [9.17, 15) is 4.79 Å². The summed E-state index contributed by atoms with van der Waals surface area (Å²) in [4.78, 5) is 18.3. The van der Waals surface area contributed by atoms with Crippen molar-refractivity contribution in [2.75, 3.05) is 13.1 Å². The predicted octanol–water partition coefficient (Wildman–Crippen LogP) is 3.77. The number of thiophene rings is 1. The predicted molar refractivity (Wildman–Crippen MR) is 103 cm³/mol. The molecule has 0 aliphatic carbocycles. The molecule has 1 unspecified atom stereocenters. The summed E-state index contributed by atoms with van der Waals surface area (Å²) in [5.41, 5.74) is 2.35. The monoisotopic (exact) mass is 354 g/mol. The van der Waals surface area contributed by atoms with Crippen molar-refractivity contribution in [2.24, 2.45) is 5.41 Å². The summed E-state index contributed by atoms with van der Waals surface area (Å²) in [6.07, 6.45) is 4.07. The fourth-order valence-electron chi connectivity index (χ4n) is 4.32. The maximum atomic E-state index is 13.0. The molecular weight excluding hydrogens is 328 g/mol. The van der Waals surface area contributed by atoms with Gasteiger partial charge in [0, 0.05) is 29.4 Å². The van der Waals surface area contributed by atoms with E-state index in [1.165, 1.54) is 20.9 Å². The van der Waals surface area contributed by atoms with Crippen LogP contribution >= 0.6 is 11.3 Å². The van der Waals surface area contributed by atoms with Crippen LogP contribution in [0.5, 0.6) is 0 Å². The topological polar surface area (TPSA) is 32.3 Å². The fraction of sp³-hybridized carbons (Fsp3) is 0.476. The van der Waals surface area contributed by atoms with Gasteiger partial charge in [0.15, 0.2) is 0 Å². The van der Waals surface area contributed by atoms with E-state index in [2.05, 4.69) is 53.5 Å². The number of hydrogen-bond acceptors (Lipinski definition) is 3. The molecule has 2 aliphatic heterocycles. The smallest absolute Gasteiger partial charge is 0.228 e. The Bertz CT molecular complexity index is 769. The molecule has 1 amide bonds. The Morgan fingerprint density at radius 1 is 1.16 bits per heavy atom. The Balaban J connectivity index is 1.55. The van der Waals surface area contributed by atoms with Crippen molar-refractivity contribution >= 4 is 17.2 Å². The van der Waals surface area contributed by atoms with Crippen LogP contribution in [-0.2, 0) is 30.7 Å². The van der Waals surface area contributed by atoms with E-state index in [0.717, 1.165) is 45.3 Å². The third-order valence-electron chi connectivity index (χ3n) is 5.67. The first-order chi connectivity index (χ1) is 12.2. The molecular formula is C21H26N2OS. The number of piperidine rings is 1. The number of rotatable bonds is 3.